The Morgan fingerprint density at radius 2 is 2.10 bits per heavy atom. The van der Waals surface area contributed by atoms with E-state index in [0.29, 0.717) is 29.3 Å². The van der Waals surface area contributed by atoms with Crippen molar-refractivity contribution in [2.24, 2.45) is 0 Å². The molecule has 0 saturated carbocycles. The third-order valence-corrected chi connectivity index (χ3v) is 6.37. The number of hydrogen-bond acceptors (Lipinski definition) is 4. The van der Waals surface area contributed by atoms with Crippen LogP contribution in [0.25, 0.3) is 10.1 Å². The molecule has 0 aliphatic carbocycles. The molecule has 1 aromatic heterocycles. The third-order valence-electron chi connectivity index (χ3n) is 5.34. The van der Waals surface area contributed by atoms with Crippen molar-refractivity contribution in [3.63, 3.8) is 0 Å². The van der Waals surface area contributed by atoms with Crippen molar-refractivity contribution in [1.82, 2.24) is 10.6 Å². The summed E-state index contributed by atoms with van der Waals surface area (Å²) < 4.78 is 21.1. The Hall–Kier alpha value is -3.13. The first-order valence-electron chi connectivity index (χ1n) is 9.37. The number of halogens is 1. The first-order chi connectivity index (χ1) is 14.1. The summed E-state index contributed by atoms with van der Waals surface area (Å²) in [6.07, 6.45) is 0.710. The van der Waals surface area contributed by atoms with Crippen molar-refractivity contribution in [2.45, 2.75) is 18.4 Å². The molecule has 0 bridgehead atoms. The zero-order valence-corrected chi connectivity index (χ0v) is 16.1. The summed E-state index contributed by atoms with van der Waals surface area (Å²) in [6, 6.07) is 11.5. The lowest BCUT2D eigenvalue weighted by Gasteiger charge is -2.20. The summed E-state index contributed by atoms with van der Waals surface area (Å²) in [5, 5.41) is 9.93. The molecule has 1 saturated heterocycles. The molecule has 148 valence electrons. The predicted molar refractivity (Wildman–Crippen MR) is 109 cm³/mol. The Balaban J connectivity index is 1.35. The fourth-order valence-electron chi connectivity index (χ4n) is 3.91. The average Bonchev–Trinajstić information content (AvgIpc) is 3.40. The van der Waals surface area contributed by atoms with Gasteiger partial charge in [-0.3, -0.25) is 10.1 Å². The van der Waals surface area contributed by atoms with Gasteiger partial charge < -0.3 is 15.4 Å². The molecule has 2 unspecified atom stereocenters. The van der Waals surface area contributed by atoms with Crippen LogP contribution in [-0.4, -0.2) is 31.1 Å². The molecular weight excluding hydrogens is 393 g/mol. The molecule has 5 rings (SSSR count). The second-order valence-electron chi connectivity index (χ2n) is 7.16. The summed E-state index contributed by atoms with van der Waals surface area (Å²) in [6.45, 7) is 0.794. The number of carbonyl (C=O) groups excluding carboxylic acids is 2. The van der Waals surface area contributed by atoms with Gasteiger partial charge in [-0.1, -0.05) is 18.2 Å². The van der Waals surface area contributed by atoms with Crippen molar-refractivity contribution >= 4 is 38.4 Å². The highest BCUT2D eigenvalue weighted by molar-refractivity contribution is 7.22. The van der Waals surface area contributed by atoms with Crippen molar-refractivity contribution in [3.05, 3.63) is 59.4 Å². The molecule has 2 aliphatic heterocycles. The lowest BCUT2D eigenvalue weighted by molar-refractivity contribution is -0.120. The topological polar surface area (TPSA) is 79.5 Å². The van der Waals surface area contributed by atoms with E-state index in [0.717, 1.165) is 15.6 Å². The van der Waals surface area contributed by atoms with Gasteiger partial charge in [0.05, 0.1) is 11.6 Å². The van der Waals surface area contributed by atoms with E-state index >= 15 is 0 Å². The van der Waals surface area contributed by atoms with Crippen molar-refractivity contribution in [1.29, 1.82) is 0 Å². The summed E-state index contributed by atoms with van der Waals surface area (Å²) in [5.74, 6) is -0.682. The van der Waals surface area contributed by atoms with Crippen molar-refractivity contribution in [2.75, 3.05) is 18.5 Å². The lowest BCUT2D eigenvalue weighted by Crippen LogP contribution is -2.44. The van der Waals surface area contributed by atoms with Crippen molar-refractivity contribution < 1.29 is 18.7 Å². The minimum atomic E-state index is -0.848. The Morgan fingerprint density at radius 3 is 2.97 bits per heavy atom. The van der Waals surface area contributed by atoms with Crippen LogP contribution in [0.15, 0.2) is 42.5 Å². The molecule has 1 fully saturated rings. The van der Waals surface area contributed by atoms with E-state index in [4.69, 9.17) is 4.74 Å². The van der Waals surface area contributed by atoms with Gasteiger partial charge in [0.1, 0.15) is 17.6 Å². The van der Waals surface area contributed by atoms with Crippen LogP contribution in [0.2, 0.25) is 0 Å². The van der Waals surface area contributed by atoms with E-state index in [9.17, 15) is 14.0 Å². The van der Waals surface area contributed by atoms with Crippen LogP contribution < -0.4 is 20.7 Å². The Bertz CT molecular complexity index is 1100. The summed E-state index contributed by atoms with van der Waals surface area (Å²) in [4.78, 5) is 24.9. The number of ether oxygens (including phenoxy) is 1. The fraction of sp³-hybridized carbons (Fsp3) is 0.238. The highest BCUT2D eigenvalue weighted by Gasteiger charge is 2.39. The molecule has 3 N–H and O–H groups in total. The molecule has 3 aromatic rings. The van der Waals surface area contributed by atoms with Crippen LogP contribution >= 0.6 is 11.3 Å². The third kappa shape index (κ3) is 3.29. The normalized spacial score (nSPS) is 20.2. The molecule has 3 heterocycles. The predicted octanol–water partition coefficient (Wildman–Crippen LogP) is 3.38. The zero-order valence-electron chi connectivity index (χ0n) is 15.3. The van der Waals surface area contributed by atoms with E-state index in [2.05, 4.69) is 16.0 Å². The summed E-state index contributed by atoms with van der Waals surface area (Å²) in [7, 11) is 0. The van der Waals surface area contributed by atoms with Gasteiger partial charge in [0.25, 0.3) is 0 Å². The van der Waals surface area contributed by atoms with E-state index in [1.807, 2.05) is 30.3 Å². The van der Waals surface area contributed by atoms with Gasteiger partial charge >= 0.3 is 6.03 Å². The maximum atomic E-state index is 14.7. The monoisotopic (exact) mass is 411 g/mol. The fourth-order valence-corrected chi connectivity index (χ4v) is 4.87. The second-order valence-corrected chi connectivity index (χ2v) is 8.24. The van der Waals surface area contributed by atoms with Gasteiger partial charge in [0, 0.05) is 29.6 Å². The highest BCUT2D eigenvalue weighted by atomic mass is 32.1. The van der Waals surface area contributed by atoms with Gasteiger partial charge in [-0.15, -0.1) is 11.3 Å². The van der Waals surface area contributed by atoms with E-state index in [1.54, 1.807) is 6.07 Å². The van der Waals surface area contributed by atoms with Crippen LogP contribution in [0, 0.1) is 5.82 Å². The number of nitrogens with one attached hydrogen (secondary N) is 3. The molecule has 2 aromatic carbocycles. The van der Waals surface area contributed by atoms with Gasteiger partial charge in [0.15, 0.2) is 0 Å². The zero-order chi connectivity index (χ0) is 20.0. The molecule has 0 spiro atoms. The molecular formula is C21H18FN3O3S. The number of rotatable bonds is 3. The molecule has 0 radical (unpaired) electrons. The quantitative estimate of drug-likeness (QED) is 0.618. The van der Waals surface area contributed by atoms with Gasteiger partial charge in [-0.05, 0) is 34.7 Å². The molecule has 2 aliphatic rings. The molecule has 6 nitrogen and oxygen atoms in total. The minimum absolute atomic E-state index is 0.267. The number of benzene rings is 2. The van der Waals surface area contributed by atoms with Crippen LogP contribution in [-0.2, 0) is 11.2 Å². The van der Waals surface area contributed by atoms with Gasteiger partial charge in [0.2, 0.25) is 5.91 Å². The number of carbonyl (C=O) groups is 2. The van der Waals surface area contributed by atoms with Crippen LogP contribution in [0.4, 0.5) is 14.2 Å². The van der Waals surface area contributed by atoms with Crippen molar-refractivity contribution in [3.8, 4) is 5.75 Å². The van der Waals surface area contributed by atoms with E-state index < -0.39 is 23.8 Å². The maximum Gasteiger partial charge on any atom is 0.320 e. The number of fused-ring (bicyclic) bond motifs is 2. The van der Waals surface area contributed by atoms with E-state index in [-0.39, 0.29) is 12.5 Å². The number of thiophene rings is 1. The SMILES string of the molecule is O=C(Nc1cc2ccccc2s1)NC1C(=O)NCC1c1cc2c(cc1F)OCC2. The summed E-state index contributed by atoms with van der Waals surface area (Å²) >= 11 is 1.45. The molecule has 8 heteroatoms. The average molecular weight is 411 g/mol. The number of hydrogen-bond donors (Lipinski definition) is 3. The van der Waals surface area contributed by atoms with Gasteiger partial charge in [-0.2, -0.15) is 0 Å². The molecule has 2 atom stereocenters. The Kier molecular flexibility index (Phi) is 4.35. The smallest absolute Gasteiger partial charge is 0.320 e. The van der Waals surface area contributed by atoms with Crippen LogP contribution in [0.5, 0.6) is 5.75 Å². The summed E-state index contributed by atoms with van der Waals surface area (Å²) in [5.41, 5.74) is 1.34. The first-order valence-corrected chi connectivity index (χ1v) is 10.2. The highest BCUT2D eigenvalue weighted by Crippen LogP contribution is 2.34. The number of anilines is 1. The molecule has 3 amide bonds. The van der Waals surface area contributed by atoms with Crippen LogP contribution in [0.3, 0.4) is 0 Å². The largest absolute Gasteiger partial charge is 0.493 e. The molecule has 29 heavy (non-hydrogen) atoms. The maximum absolute atomic E-state index is 14.7. The standard InChI is InChI=1S/C21H18FN3O3S/c22-15-9-16-11(5-6-28-16)7-13(15)14-10-23-20(26)19(14)25-21(27)24-18-8-12-3-1-2-4-17(12)29-18/h1-4,7-9,14,19H,5-6,10H2,(H,23,26)(H2,24,25,27). The van der Waals surface area contributed by atoms with E-state index in [1.165, 1.54) is 17.4 Å². The minimum Gasteiger partial charge on any atom is -0.493 e. The van der Waals surface area contributed by atoms with Gasteiger partial charge in [-0.25, -0.2) is 9.18 Å². The number of amides is 3. The second kappa shape index (κ2) is 7.04. The number of urea groups is 1. The Morgan fingerprint density at radius 1 is 1.24 bits per heavy atom. The Labute approximate surface area is 170 Å². The first kappa shape index (κ1) is 17.9. The lowest BCUT2D eigenvalue weighted by atomic mass is 9.91. The van der Waals surface area contributed by atoms with Crippen LogP contribution in [0.1, 0.15) is 17.0 Å².